The van der Waals surface area contributed by atoms with Gasteiger partial charge in [-0.1, -0.05) is 0 Å². The van der Waals surface area contributed by atoms with Crippen LogP contribution in [0.2, 0.25) is 0 Å². The van der Waals surface area contributed by atoms with Crippen molar-refractivity contribution in [2.24, 2.45) is 10.2 Å². The van der Waals surface area contributed by atoms with Crippen molar-refractivity contribution in [3.8, 4) is 11.9 Å². The number of nitriles is 1. The van der Waals surface area contributed by atoms with Gasteiger partial charge in [0.2, 0.25) is 5.88 Å². The summed E-state index contributed by atoms with van der Waals surface area (Å²) in [7, 11) is 2.35. The summed E-state index contributed by atoms with van der Waals surface area (Å²) in [6.07, 6.45) is 0.168. The Hall–Kier alpha value is -4.04. The van der Waals surface area contributed by atoms with E-state index >= 15 is 0 Å². The van der Waals surface area contributed by atoms with E-state index in [0.717, 1.165) is 4.57 Å². The molecule has 0 amide bonds. The first kappa shape index (κ1) is 23.2. The lowest BCUT2D eigenvalue weighted by Crippen LogP contribution is -2.22. The number of nitrogens with zero attached hydrogens (tertiary/aromatic N) is 4. The number of aliphatic hydroxyl groups is 1. The van der Waals surface area contributed by atoms with Gasteiger partial charge in [0.1, 0.15) is 11.6 Å². The molecule has 11 nitrogen and oxygen atoms in total. The molecule has 2 N–H and O–H groups in total. The molecule has 0 atom stereocenters. The average molecular weight is 428 g/mol. The van der Waals surface area contributed by atoms with E-state index in [9.17, 15) is 24.8 Å². The zero-order chi connectivity index (χ0) is 23.1. The van der Waals surface area contributed by atoms with Gasteiger partial charge in [0.15, 0.2) is 5.69 Å². The number of aliphatic hydroxyl groups excluding tert-OH is 1. The molecule has 0 saturated carbocycles. The van der Waals surface area contributed by atoms with E-state index in [4.69, 9.17) is 5.11 Å². The average Bonchev–Trinajstić information content (AvgIpc) is 2.77. The third kappa shape index (κ3) is 4.93. The lowest BCUT2D eigenvalue weighted by atomic mass is 10.1. The normalized spacial score (nSPS) is 10.7. The summed E-state index contributed by atoms with van der Waals surface area (Å²) in [4.78, 5) is 36.5. The molecule has 0 aliphatic carbocycles. The predicted octanol–water partition coefficient (Wildman–Crippen LogP) is 2.10. The summed E-state index contributed by atoms with van der Waals surface area (Å²) >= 11 is 0. The number of rotatable bonds is 7. The van der Waals surface area contributed by atoms with Crippen LogP contribution in [0.25, 0.3) is 0 Å². The van der Waals surface area contributed by atoms with Crippen LogP contribution in [0.3, 0.4) is 0 Å². The Morgan fingerprint density at radius 2 is 1.71 bits per heavy atom. The second kappa shape index (κ2) is 10.1. The summed E-state index contributed by atoms with van der Waals surface area (Å²) in [6, 6.07) is 5.67. The first-order valence-corrected chi connectivity index (χ1v) is 8.99. The molecule has 0 radical (unpaired) electrons. The highest BCUT2D eigenvalue weighted by atomic mass is 16.5. The Morgan fingerprint density at radius 3 is 2.19 bits per heavy atom. The van der Waals surface area contributed by atoms with Gasteiger partial charge in [-0.3, -0.25) is 9.36 Å². The minimum absolute atomic E-state index is 0.0137. The zero-order valence-corrected chi connectivity index (χ0v) is 17.1. The molecule has 0 fully saturated rings. The maximum Gasteiger partial charge on any atom is 0.337 e. The number of azo groups is 1. The lowest BCUT2D eigenvalue weighted by Gasteiger charge is -2.12. The SMILES string of the molecule is COC(=O)c1cc(N=Nc2c(C)c(C#N)c(O)n(CCCO)c2=O)cc(C(=O)OC)c1. The molecule has 162 valence electrons. The molecule has 0 bridgehead atoms. The second-order valence-corrected chi connectivity index (χ2v) is 6.27. The molecule has 31 heavy (non-hydrogen) atoms. The number of aromatic nitrogens is 1. The lowest BCUT2D eigenvalue weighted by molar-refractivity contribution is 0.0599. The highest BCUT2D eigenvalue weighted by Crippen LogP contribution is 2.28. The summed E-state index contributed by atoms with van der Waals surface area (Å²) in [6.45, 7) is 1.16. The molecule has 0 unspecified atom stereocenters. The third-order valence-corrected chi connectivity index (χ3v) is 4.33. The molecular formula is C20H20N4O7. The molecular weight excluding hydrogens is 408 g/mol. The molecule has 2 rings (SSSR count). The topological polar surface area (TPSA) is 164 Å². The Morgan fingerprint density at radius 1 is 1.13 bits per heavy atom. The Kier molecular flexibility index (Phi) is 7.59. The van der Waals surface area contributed by atoms with Crippen LogP contribution in [0.4, 0.5) is 11.4 Å². The van der Waals surface area contributed by atoms with E-state index in [2.05, 4.69) is 19.7 Å². The maximum atomic E-state index is 12.8. The van der Waals surface area contributed by atoms with Crippen LogP contribution in [-0.4, -0.2) is 47.5 Å². The van der Waals surface area contributed by atoms with Gasteiger partial charge in [-0.05, 0) is 31.5 Å². The molecule has 1 aromatic heterocycles. The second-order valence-electron chi connectivity index (χ2n) is 6.27. The largest absolute Gasteiger partial charge is 0.493 e. The van der Waals surface area contributed by atoms with Crippen molar-refractivity contribution in [3.63, 3.8) is 0 Å². The van der Waals surface area contributed by atoms with E-state index in [1.54, 1.807) is 0 Å². The molecule has 11 heteroatoms. The van der Waals surface area contributed by atoms with Crippen molar-refractivity contribution in [2.75, 3.05) is 20.8 Å². The van der Waals surface area contributed by atoms with Crippen molar-refractivity contribution in [2.45, 2.75) is 19.9 Å². The quantitative estimate of drug-likeness (QED) is 0.500. The standard InChI is InChI=1S/C20H20N4O7/c1-11-15(10-21)17(26)24(5-4-6-25)18(27)16(11)23-22-14-8-12(19(28)30-2)7-13(9-14)20(29)31-3/h7-9,25-26H,4-6H2,1-3H3. The highest BCUT2D eigenvalue weighted by molar-refractivity contribution is 5.96. The van der Waals surface area contributed by atoms with Gasteiger partial charge in [0.05, 0.1) is 31.0 Å². The number of pyridine rings is 1. The van der Waals surface area contributed by atoms with Crippen molar-refractivity contribution in [3.05, 3.63) is 50.8 Å². The fraction of sp³-hybridized carbons (Fsp3) is 0.300. The summed E-state index contributed by atoms with van der Waals surface area (Å²) in [5.74, 6) is -1.97. The van der Waals surface area contributed by atoms with E-state index in [0.29, 0.717) is 0 Å². The fourth-order valence-corrected chi connectivity index (χ4v) is 2.74. The number of benzene rings is 1. The first-order valence-electron chi connectivity index (χ1n) is 8.99. The third-order valence-electron chi connectivity index (χ3n) is 4.33. The number of carbonyl (C=O) groups is 2. The van der Waals surface area contributed by atoms with Crippen LogP contribution in [0.15, 0.2) is 33.2 Å². The van der Waals surface area contributed by atoms with Crippen LogP contribution in [0.5, 0.6) is 5.88 Å². The Balaban J connectivity index is 2.64. The van der Waals surface area contributed by atoms with Crippen LogP contribution in [0.1, 0.15) is 38.3 Å². The summed E-state index contributed by atoms with van der Waals surface area (Å²) in [5, 5.41) is 36.4. The molecule has 2 aromatic rings. The van der Waals surface area contributed by atoms with Gasteiger partial charge in [0, 0.05) is 18.7 Å². The van der Waals surface area contributed by atoms with Gasteiger partial charge < -0.3 is 19.7 Å². The number of carbonyl (C=O) groups excluding carboxylic acids is 2. The predicted molar refractivity (Wildman–Crippen MR) is 107 cm³/mol. The number of esters is 2. The molecule has 0 spiro atoms. The van der Waals surface area contributed by atoms with Gasteiger partial charge in [0.25, 0.3) is 5.56 Å². The van der Waals surface area contributed by atoms with E-state index < -0.39 is 23.4 Å². The molecule has 0 aliphatic heterocycles. The van der Waals surface area contributed by atoms with Gasteiger partial charge >= 0.3 is 11.9 Å². The summed E-state index contributed by atoms with van der Waals surface area (Å²) in [5.41, 5.74) is -0.912. The van der Waals surface area contributed by atoms with Gasteiger partial charge in [-0.2, -0.15) is 10.4 Å². The van der Waals surface area contributed by atoms with E-state index in [1.165, 1.54) is 39.3 Å². The van der Waals surface area contributed by atoms with Crippen molar-refractivity contribution in [1.29, 1.82) is 5.26 Å². The molecule has 0 aliphatic rings. The number of methoxy groups -OCH3 is 2. The zero-order valence-electron chi connectivity index (χ0n) is 17.1. The minimum Gasteiger partial charge on any atom is -0.493 e. The Labute approximate surface area is 176 Å². The Bertz CT molecular complexity index is 1110. The smallest absolute Gasteiger partial charge is 0.337 e. The summed E-state index contributed by atoms with van der Waals surface area (Å²) < 4.78 is 10.2. The van der Waals surface area contributed by atoms with Crippen molar-refractivity contribution < 1.29 is 29.3 Å². The van der Waals surface area contributed by atoms with Crippen LogP contribution < -0.4 is 5.56 Å². The highest BCUT2D eigenvalue weighted by Gasteiger charge is 2.19. The number of aromatic hydroxyl groups is 1. The van der Waals surface area contributed by atoms with Gasteiger partial charge in [-0.25, -0.2) is 9.59 Å². The monoisotopic (exact) mass is 428 g/mol. The minimum atomic E-state index is -0.721. The molecule has 1 heterocycles. The van der Waals surface area contributed by atoms with Crippen molar-refractivity contribution in [1.82, 2.24) is 4.57 Å². The first-order chi connectivity index (χ1) is 14.8. The maximum absolute atomic E-state index is 12.8. The van der Waals surface area contributed by atoms with Crippen LogP contribution >= 0.6 is 0 Å². The van der Waals surface area contributed by atoms with Crippen molar-refractivity contribution >= 4 is 23.3 Å². The number of ether oxygens (including phenoxy) is 2. The number of hydrogen-bond donors (Lipinski definition) is 2. The molecule has 1 aromatic carbocycles. The van der Waals surface area contributed by atoms with Gasteiger partial charge in [-0.15, -0.1) is 5.11 Å². The van der Waals surface area contributed by atoms with Crippen LogP contribution in [0, 0.1) is 18.3 Å². The number of hydrogen-bond acceptors (Lipinski definition) is 10. The van der Waals surface area contributed by atoms with Crippen LogP contribution in [-0.2, 0) is 16.0 Å². The van der Waals surface area contributed by atoms with E-state index in [-0.39, 0.29) is 53.2 Å². The fourth-order valence-electron chi connectivity index (χ4n) is 2.74. The van der Waals surface area contributed by atoms with E-state index in [1.807, 2.05) is 6.07 Å². The molecule has 0 saturated heterocycles.